The number of rotatable bonds is 4. The number of aromatic hydroxyl groups is 1. The summed E-state index contributed by atoms with van der Waals surface area (Å²) in [5.41, 5.74) is 1.40. The van der Waals surface area contributed by atoms with Crippen LogP contribution in [0.2, 0.25) is 0 Å². The van der Waals surface area contributed by atoms with E-state index >= 15 is 0 Å². The van der Waals surface area contributed by atoms with Crippen LogP contribution in [0.5, 0.6) is 17.2 Å². The Bertz CT molecular complexity index is 894. The molecule has 23 heavy (non-hydrogen) atoms. The lowest BCUT2D eigenvalue weighted by atomic mass is 10.1. The smallest absolute Gasteiger partial charge is 0.339 e. The largest absolute Gasteiger partial charge is 0.507 e. The summed E-state index contributed by atoms with van der Waals surface area (Å²) in [6.07, 6.45) is 0. The molecule has 0 spiro atoms. The molecule has 0 saturated heterocycles. The Hall–Kier alpha value is -2.95. The molecular weight excluding hydrogens is 296 g/mol. The summed E-state index contributed by atoms with van der Waals surface area (Å²) in [4.78, 5) is 11.4. The van der Waals surface area contributed by atoms with Crippen molar-refractivity contribution in [2.45, 2.75) is 13.5 Å². The van der Waals surface area contributed by atoms with E-state index in [2.05, 4.69) is 0 Å². The maximum absolute atomic E-state index is 11.4. The summed E-state index contributed by atoms with van der Waals surface area (Å²) < 4.78 is 16.1. The minimum absolute atomic E-state index is 0.0962. The molecule has 5 nitrogen and oxygen atoms in total. The second kappa shape index (κ2) is 6.04. The Kier molecular flexibility index (Phi) is 3.93. The Morgan fingerprint density at radius 3 is 2.57 bits per heavy atom. The van der Waals surface area contributed by atoms with Crippen LogP contribution in [0, 0.1) is 6.92 Å². The monoisotopic (exact) mass is 312 g/mol. The van der Waals surface area contributed by atoms with E-state index in [1.807, 2.05) is 24.3 Å². The van der Waals surface area contributed by atoms with Crippen LogP contribution in [0.15, 0.2) is 51.7 Å². The first kappa shape index (κ1) is 15.0. The number of fused-ring (bicyclic) bond motifs is 1. The maximum Gasteiger partial charge on any atom is 0.339 e. The SMILES string of the molecule is COc1ccc(COc2ccc3c(O)cc(=O)oc3c2C)cc1. The van der Waals surface area contributed by atoms with Gasteiger partial charge in [0, 0.05) is 5.56 Å². The third-order valence-corrected chi connectivity index (χ3v) is 3.64. The van der Waals surface area contributed by atoms with Gasteiger partial charge in [0.05, 0.1) is 18.6 Å². The van der Waals surface area contributed by atoms with Crippen LogP contribution in [0.1, 0.15) is 11.1 Å². The van der Waals surface area contributed by atoms with Crippen molar-refractivity contribution in [2.24, 2.45) is 0 Å². The lowest BCUT2D eigenvalue weighted by Gasteiger charge is -2.11. The van der Waals surface area contributed by atoms with Crippen LogP contribution >= 0.6 is 0 Å². The molecule has 0 aliphatic carbocycles. The molecule has 0 radical (unpaired) electrons. The molecule has 0 amide bonds. The van der Waals surface area contributed by atoms with E-state index in [0.29, 0.717) is 28.9 Å². The van der Waals surface area contributed by atoms with Gasteiger partial charge in [0.25, 0.3) is 0 Å². The van der Waals surface area contributed by atoms with E-state index < -0.39 is 5.63 Å². The van der Waals surface area contributed by atoms with Gasteiger partial charge in [-0.05, 0) is 36.8 Å². The van der Waals surface area contributed by atoms with E-state index in [1.54, 1.807) is 26.2 Å². The highest BCUT2D eigenvalue weighted by atomic mass is 16.5. The molecule has 3 rings (SSSR count). The predicted octanol–water partition coefficient (Wildman–Crippen LogP) is 3.39. The summed E-state index contributed by atoms with van der Waals surface area (Å²) in [6.45, 7) is 2.16. The first-order valence-corrected chi connectivity index (χ1v) is 7.10. The van der Waals surface area contributed by atoms with Crippen LogP contribution < -0.4 is 15.1 Å². The summed E-state index contributed by atoms with van der Waals surface area (Å²) in [6, 6.07) is 12.0. The van der Waals surface area contributed by atoms with Gasteiger partial charge < -0.3 is 19.0 Å². The van der Waals surface area contributed by atoms with Crippen LogP contribution in [0.4, 0.5) is 0 Å². The van der Waals surface area contributed by atoms with Gasteiger partial charge in [0.1, 0.15) is 29.4 Å². The number of methoxy groups -OCH3 is 1. The van der Waals surface area contributed by atoms with Gasteiger partial charge in [0.2, 0.25) is 0 Å². The fourth-order valence-electron chi connectivity index (χ4n) is 2.37. The van der Waals surface area contributed by atoms with Crippen molar-refractivity contribution in [2.75, 3.05) is 7.11 Å². The molecule has 0 atom stereocenters. The topological polar surface area (TPSA) is 68.9 Å². The Balaban J connectivity index is 1.88. The van der Waals surface area contributed by atoms with Crippen LogP contribution in [-0.2, 0) is 6.61 Å². The number of aryl methyl sites for hydroxylation is 1. The van der Waals surface area contributed by atoms with Crippen molar-refractivity contribution in [3.05, 3.63) is 64.0 Å². The Labute approximate surface area is 132 Å². The predicted molar refractivity (Wildman–Crippen MR) is 86.2 cm³/mol. The van der Waals surface area contributed by atoms with Gasteiger partial charge in [-0.3, -0.25) is 0 Å². The van der Waals surface area contributed by atoms with Gasteiger partial charge >= 0.3 is 5.63 Å². The standard InChI is InChI=1S/C18H16O5/c1-11-16(22-10-12-3-5-13(21-2)6-4-12)8-7-14-15(19)9-17(20)23-18(11)14/h3-9,19H,10H2,1-2H3. The molecule has 0 saturated carbocycles. The second-order valence-electron chi connectivity index (χ2n) is 5.15. The quantitative estimate of drug-likeness (QED) is 0.748. The number of hydrogen-bond acceptors (Lipinski definition) is 5. The first-order chi connectivity index (χ1) is 11.1. The average Bonchev–Trinajstić information content (AvgIpc) is 2.55. The van der Waals surface area contributed by atoms with Gasteiger partial charge in [0.15, 0.2) is 0 Å². The summed E-state index contributed by atoms with van der Waals surface area (Å²) in [7, 11) is 1.62. The second-order valence-corrected chi connectivity index (χ2v) is 5.15. The Morgan fingerprint density at radius 2 is 1.87 bits per heavy atom. The molecule has 5 heteroatoms. The van der Waals surface area contributed by atoms with Crippen molar-refractivity contribution >= 4 is 11.0 Å². The highest BCUT2D eigenvalue weighted by Gasteiger charge is 2.11. The fourth-order valence-corrected chi connectivity index (χ4v) is 2.37. The number of ether oxygens (including phenoxy) is 2. The van der Waals surface area contributed by atoms with E-state index in [9.17, 15) is 9.90 Å². The number of benzene rings is 2. The van der Waals surface area contributed by atoms with Gasteiger partial charge in [-0.15, -0.1) is 0 Å². The van der Waals surface area contributed by atoms with Crippen LogP contribution in [0.3, 0.4) is 0 Å². The Morgan fingerprint density at radius 1 is 1.13 bits per heavy atom. The molecule has 0 aliphatic heterocycles. The highest BCUT2D eigenvalue weighted by Crippen LogP contribution is 2.31. The molecule has 2 aromatic carbocycles. The van der Waals surface area contributed by atoms with E-state index in [-0.39, 0.29) is 5.75 Å². The van der Waals surface area contributed by atoms with Crippen molar-refractivity contribution in [1.82, 2.24) is 0 Å². The zero-order chi connectivity index (χ0) is 16.4. The highest BCUT2D eigenvalue weighted by molar-refractivity contribution is 5.86. The maximum atomic E-state index is 11.4. The van der Waals surface area contributed by atoms with Crippen LogP contribution in [0.25, 0.3) is 11.0 Å². The van der Waals surface area contributed by atoms with E-state index in [4.69, 9.17) is 13.9 Å². The van der Waals surface area contributed by atoms with Crippen molar-refractivity contribution in [3.63, 3.8) is 0 Å². The fraction of sp³-hybridized carbons (Fsp3) is 0.167. The molecule has 0 bridgehead atoms. The lowest BCUT2D eigenvalue weighted by molar-refractivity contribution is 0.303. The minimum atomic E-state index is -0.592. The average molecular weight is 312 g/mol. The first-order valence-electron chi connectivity index (χ1n) is 7.10. The molecular formula is C18H16O5. The van der Waals surface area contributed by atoms with E-state index in [1.165, 1.54) is 0 Å². The molecule has 118 valence electrons. The van der Waals surface area contributed by atoms with Crippen molar-refractivity contribution < 1.29 is 19.0 Å². The molecule has 0 fully saturated rings. The zero-order valence-corrected chi connectivity index (χ0v) is 12.8. The third-order valence-electron chi connectivity index (χ3n) is 3.64. The van der Waals surface area contributed by atoms with Crippen molar-refractivity contribution in [1.29, 1.82) is 0 Å². The zero-order valence-electron chi connectivity index (χ0n) is 12.8. The van der Waals surface area contributed by atoms with Gasteiger partial charge in [-0.2, -0.15) is 0 Å². The molecule has 1 N–H and O–H groups in total. The van der Waals surface area contributed by atoms with Crippen molar-refractivity contribution in [3.8, 4) is 17.2 Å². The summed E-state index contributed by atoms with van der Waals surface area (Å²) in [5, 5.41) is 10.3. The summed E-state index contributed by atoms with van der Waals surface area (Å²) >= 11 is 0. The number of hydrogen-bond donors (Lipinski definition) is 1. The normalized spacial score (nSPS) is 10.7. The lowest BCUT2D eigenvalue weighted by Crippen LogP contribution is -2.00. The van der Waals surface area contributed by atoms with Gasteiger partial charge in [-0.25, -0.2) is 4.79 Å². The van der Waals surface area contributed by atoms with Gasteiger partial charge in [-0.1, -0.05) is 12.1 Å². The third kappa shape index (κ3) is 2.99. The molecule has 0 aliphatic rings. The molecule has 0 unspecified atom stereocenters. The summed E-state index contributed by atoms with van der Waals surface area (Å²) in [5.74, 6) is 1.29. The molecule has 1 heterocycles. The molecule has 1 aromatic heterocycles. The molecule has 3 aromatic rings. The van der Waals surface area contributed by atoms with E-state index in [0.717, 1.165) is 17.4 Å². The minimum Gasteiger partial charge on any atom is -0.507 e. The van der Waals surface area contributed by atoms with Crippen LogP contribution in [-0.4, -0.2) is 12.2 Å².